The Morgan fingerprint density at radius 2 is 1.94 bits per heavy atom. The molecule has 0 amide bonds. The molecule has 1 atom stereocenters. The van der Waals surface area contributed by atoms with Crippen molar-refractivity contribution in [3.8, 4) is 0 Å². The predicted molar refractivity (Wildman–Crippen MR) is 69.2 cm³/mol. The summed E-state index contributed by atoms with van der Waals surface area (Å²) in [4.78, 5) is 0. The molecule has 0 fully saturated rings. The van der Waals surface area contributed by atoms with Gasteiger partial charge in [-0.05, 0) is 48.6 Å². The maximum atomic E-state index is 14.1. The van der Waals surface area contributed by atoms with Gasteiger partial charge in [-0.2, -0.15) is 0 Å². The molecule has 0 aromatic heterocycles. The number of benzene rings is 1. The quantitative estimate of drug-likeness (QED) is 0.613. The van der Waals surface area contributed by atoms with Gasteiger partial charge >= 0.3 is 0 Å². The van der Waals surface area contributed by atoms with Crippen molar-refractivity contribution in [3.05, 3.63) is 64.5 Å². The molecule has 0 saturated carbocycles. The van der Waals surface area contributed by atoms with Gasteiger partial charge in [0.05, 0.1) is 0 Å². The average molecular weight is 226 g/mol. The molecular formula is C16H15F. The standard InChI is InChI=1S/C16H15F/c1-11-7-8-15(17)16(2)10-13-6-4-3-5-12(13)9-14(11)16/h3-9H,10H2,1-2H3. The smallest absolute Gasteiger partial charge is 0.111 e. The Morgan fingerprint density at radius 1 is 1.18 bits per heavy atom. The second-order valence-corrected chi connectivity index (χ2v) is 5.13. The zero-order valence-corrected chi connectivity index (χ0v) is 10.1. The Labute approximate surface area is 101 Å². The highest BCUT2D eigenvalue weighted by Crippen LogP contribution is 2.49. The van der Waals surface area contributed by atoms with Crippen molar-refractivity contribution in [2.75, 3.05) is 0 Å². The molecule has 2 aliphatic carbocycles. The molecule has 0 nitrogen and oxygen atoms in total. The minimum absolute atomic E-state index is 0.0242. The van der Waals surface area contributed by atoms with Gasteiger partial charge in [-0.3, -0.25) is 0 Å². The number of hydrogen-bond acceptors (Lipinski definition) is 0. The van der Waals surface area contributed by atoms with E-state index >= 15 is 0 Å². The third kappa shape index (κ3) is 1.42. The highest BCUT2D eigenvalue weighted by atomic mass is 19.1. The van der Waals surface area contributed by atoms with Crippen LogP contribution >= 0.6 is 0 Å². The molecule has 2 aliphatic rings. The van der Waals surface area contributed by atoms with Crippen molar-refractivity contribution < 1.29 is 4.39 Å². The van der Waals surface area contributed by atoms with Crippen molar-refractivity contribution in [2.24, 2.45) is 5.41 Å². The van der Waals surface area contributed by atoms with Gasteiger partial charge in [-0.15, -0.1) is 0 Å². The van der Waals surface area contributed by atoms with Crippen LogP contribution in [0, 0.1) is 5.41 Å². The van der Waals surface area contributed by atoms with Crippen LogP contribution in [0.4, 0.5) is 4.39 Å². The van der Waals surface area contributed by atoms with Crippen LogP contribution in [0.3, 0.4) is 0 Å². The van der Waals surface area contributed by atoms with Gasteiger partial charge in [0.15, 0.2) is 0 Å². The van der Waals surface area contributed by atoms with Gasteiger partial charge in [0.2, 0.25) is 0 Å². The van der Waals surface area contributed by atoms with Gasteiger partial charge in [-0.25, -0.2) is 4.39 Å². The van der Waals surface area contributed by atoms with E-state index < -0.39 is 5.41 Å². The molecule has 0 heterocycles. The van der Waals surface area contributed by atoms with Gasteiger partial charge in [0.25, 0.3) is 0 Å². The van der Waals surface area contributed by atoms with Gasteiger partial charge in [0.1, 0.15) is 5.83 Å². The van der Waals surface area contributed by atoms with Crippen LogP contribution in [0.15, 0.2) is 53.4 Å². The monoisotopic (exact) mass is 226 g/mol. The van der Waals surface area contributed by atoms with Crippen molar-refractivity contribution in [2.45, 2.75) is 20.3 Å². The van der Waals surface area contributed by atoms with E-state index in [0.717, 1.165) is 12.0 Å². The summed E-state index contributed by atoms with van der Waals surface area (Å²) >= 11 is 0. The van der Waals surface area contributed by atoms with E-state index in [1.807, 2.05) is 25.1 Å². The Balaban J connectivity index is 2.24. The van der Waals surface area contributed by atoms with E-state index in [1.54, 1.807) is 6.08 Å². The van der Waals surface area contributed by atoms with E-state index in [1.165, 1.54) is 16.7 Å². The maximum Gasteiger partial charge on any atom is 0.111 e. The highest BCUT2D eigenvalue weighted by molar-refractivity contribution is 5.69. The molecule has 0 spiro atoms. The molecule has 0 radical (unpaired) electrons. The fraction of sp³-hybridized carbons (Fsp3) is 0.250. The van der Waals surface area contributed by atoms with Crippen molar-refractivity contribution >= 4 is 6.08 Å². The number of fused-ring (bicyclic) bond motifs is 2. The molecule has 1 unspecified atom stereocenters. The summed E-state index contributed by atoms with van der Waals surface area (Å²) in [6, 6.07) is 8.25. The van der Waals surface area contributed by atoms with Gasteiger partial charge in [-0.1, -0.05) is 36.4 Å². The SMILES string of the molecule is CC1=CC=C(F)C2(C)Cc3ccccc3C=C12. The van der Waals surface area contributed by atoms with Crippen molar-refractivity contribution in [1.82, 2.24) is 0 Å². The highest BCUT2D eigenvalue weighted by Gasteiger charge is 2.39. The second-order valence-electron chi connectivity index (χ2n) is 5.13. The van der Waals surface area contributed by atoms with Crippen LogP contribution in [0.2, 0.25) is 0 Å². The zero-order chi connectivity index (χ0) is 12.0. The topological polar surface area (TPSA) is 0 Å². The number of allylic oxidation sites excluding steroid dienone is 5. The van der Waals surface area contributed by atoms with E-state index in [4.69, 9.17) is 0 Å². The Kier molecular flexibility index (Phi) is 2.12. The van der Waals surface area contributed by atoms with Crippen LogP contribution in [0.5, 0.6) is 0 Å². The van der Waals surface area contributed by atoms with Crippen LogP contribution in [0.1, 0.15) is 25.0 Å². The third-order valence-electron chi connectivity index (χ3n) is 3.93. The molecule has 17 heavy (non-hydrogen) atoms. The molecule has 1 heteroatoms. The molecule has 0 aliphatic heterocycles. The fourth-order valence-corrected chi connectivity index (χ4v) is 2.86. The minimum atomic E-state index is -0.465. The Bertz CT molecular complexity index is 575. The van der Waals surface area contributed by atoms with Crippen molar-refractivity contribution in [3.63, 3.8) is 0 Å². The summed E-state index contributed by atoms with van der Waals surface area (Å²) in [7, 11) is 0. The number of hydrogen-bond donors (Lipinski definition) is 0. The largest absolute Gasteiger partial charge is 0.211 e. The molecular weight excluding hydrogens is 211 g/mol. The normalized spacial score (nSPS) is 26.4. The first-order valence-electron chi connectivity index (χ1n) is 5.96. The zero-order valence-electron chi connectivity index (χ0n) is 10.1. The molecule has 0 N–H and O–H groups in total. The second kappa shape index (κ2) is 3.43. The van der Waals surface area contributed by atoms with Gasteiger partial charge in [0, 0.05) is 5.41 Å². The fourth-order valence-electron chi connectivity index (χ4n) is 2.86. The summed E-state index contributed by atoms with van der Waals surface area (Å²) in [6.45, 7) is 4.05. The van der Waals surface area contributed by atoms with Crippen molar-refractivity contribution in [1.29, 1.82) is 0 Å². The summed E-state index contributed by atoms with van der Waals surface area (Å²) in [5, 5.41) is 0. The molecule has 86 valence electrons. The lowest BCUT2D eigenvalue weighted by atomic mass is 9.67. The Morgan fingerprint density at radius 3 is 2.76 bits per heavy atom. The lowest BCUT2D eigenvalue weighted by molar-refractivity contribution is 0.369. The number of halogens is 1. The molecule has 3 rings (SSSR count). The maximum absolute atomic E-state index is 14.1. The van der Waals surface area contributed by atoms with Crippen LogP contribution in [-0.4, -0.2) is 0 Å². The summed E-state index contributed by atoms with van der Waals surface area (Å²) < 4.78 is 14.1. The Hall–Kier alpha value is -1.63. The first kappa shape index (κ1) is 10.5. The minimum Gasteiger partial charge on any atom is -0.211 e. The van der Waals surface area contributed by atoms with Crippen LogP contribution in [0.25, 0.3) is 6.08 Å². The van der Waals surface area contributed by atoms with E-state index in [-0.39, 0.29) is 5.83 Å². The first-order valence-corrected chi connectivity index (χ1v) is 5.96. The van der Waals surface area contributed by atoms with E-state index in [2.05, 4.69) is 25.1 Å². The predicted octanol–water partition coefficient (Wildman–Crippen LogP) is 4.45. The van der Waals surface area contributed by atoms with Crippen LogP contribution in [-0.2, 0) is 6.42 Å². The summed E-state index contributed by atoms with van der Waals surface area (Å²) in [5.41, 5.74) is 4.28. The van der Waals surface area contributed by atoms with E-state index in [0.29, 0.717) is 0 Å². The first-order chi connectivity index (χ1) is 8.11. The third-order valence-corrected chi connectivity index (χ3v) is 3.93. The molecule has 1 aromatic rings. The van der Waals surface area contributed by atoms with Gasteiger partial charge < -0.3 is 0 Å². The van der Waals surface area contributed by atoms with Crippen LogP contribution < -0.4 is 0 Å². The molecule has 0 saturated heterocycles. The van der Waals surface area contributed by atoms with E-state index in [9.17, 15) is 4.39 Å². The lowest BCUT2D eigenvalue weighted by Gasteiger charge is -2.37. The summed E-state index contributed by atoms with van der Waals surface area (Å²) in [6.07, 6.45) is 6.37. The average Bonchev–Trinajstić information content (AvgIpc) is 2.33. The summed E-state index contributed by atoms with van der Waals surface area (Å²) in [5.74, 6) is -0.0242. The lowest BCUT2D eigenvalue weighted by Crippen LogP contribution is -2.28. The molecule has 1 aromatic carbocycles. The number of rotatable bonds is 0. The molecule has 0 bridgehead atoms.